The number of sulfone groups is 1. The van der Waals surface area contributed by atoms with E-state index in [2.05, 4.69) is 5.32 Å². The van der Waals surface area contributed by atoms with E-state index < -0.39 is 32.2 Å². The van der Waals surface area contributed by atoms with Gasteiger partial charge in [0.2, 0.25) is 5.91 Å². The number of hydrogen-bond acceptors (Lipinski definition) is 5. The minimum atomic E-state index is -3.92. The second-order valence-corrected chi connectivity index (χ2v) is 9.30. The summed E-state index contributed by atoms with van der Waals surface area (Å²) < 4.78 is 41.8. The first-order valence-electron chi connectivity index (χ1n) is 9.83. The Morgan fingerprint density at radius 1 is 1.03 bits per heavy atom. The van der Waals surface area contributed by atoms with Crippen molar-refractivity contribution in [3.05, 3.63) is 100 Å². The molecule has 1 N–H and O–H groups in total. The van der Waals surface area contributed by atoms with Crippen molar-refractivity contribution >= 4 is 38.0 Å². The van der Waals surface area contributed by atoms with Gasteiger partial charge in [0.25, 0.3) is 5.69 Å². The van der Waals surface area contributed by atoms with Crippen molar-refractivity contribution in [1.29, 1.82) is 0 Å². The van der Waals surface area contributed by atoms with Crippen molar-refractivity contribution < 1.29 is 22.5 Å². The number of rotatable bonds is 7. The maximum absolute atomic E-state index is 14.0. The molecular formula is C23H18FN3O5S. The van der Waals surface area contributed by atoms with E-state index in [9.17, 15) is 27.7 Å². The fourth-order valence-electron chi connectivity index (χ4n) is 3.54. The maximum Gasteiger partial charge on any atom is 0.271 e. The molecule has 0 radical (unpaired) electrons. The van der Waals surface area contributed by atoms with Crippen LogP contribution in [0.5, 0.6) is 0 Å². The highest BCUT2D eigenvalue weighted by atomic mass is 32.2. The van der Waals surface area contributed by atoms with Crippen LogP contribution in [0.25, 0.3) is 10.9 Å². The molecule has 0 atom stereocenters. The summed E-state index contributed by atoms with van der Waals surface area (Å²) in [6.07, 6.45) is 1.36. The minimum Gasteiger partial charge on any atom is -0.337 e. The maximum atomic E-state index is 14.0. The largest absolute Gasteiger partial charge is 0.337 e. The van der Waals surface area contributed by atoms with Gasteiger partial charge in [0.05, 0.1) is 15.6 Å². The van der Waals surface area contributed by atoms with Gasteiger partial charge in [0.1, 0.15) is 12.4 Å². The third-order valence-corrected chi connectivity index (χ3v) is 6.73. The molecule has 1 heterocycles. The number of amides is 1. The summed E-state index contributed by atoms with van der Waals surface area (Å²) in [5, 5.41) is 13.9. The highest BCUT2D eigenvalue weighted by Gasteiger charge is 2.23. The highest BCUT2D eigenvalue weighted by Crippen LogP contribution is 2.28. The number of nitrogens with one attached hydrogen (secondary N) is 1. The topological polar surface area (TPSA) is 111 Å². The number of non-ortho nitro benzene ring substituents is 1. The molecule has 3 aromatic carbocycles. The molecule has 168 valence electrons. The van der Waals surface area contributed by atoms with Crippen LogP contribution < -0.4 is 5.32 Å². The lowest BCUT2D eigenvalue weighted by molar-refractivity contribution is -0.384. The molecule has 0 aliphatic heterocycles. The van der Waals surface area contributed by atoms with Gasteiger partial charge in [-0.05, 0) is 18.2 Å². The van der Waals surface area contributed by atoms with E-state index in [0.717, 1.165) is 0 Å². The predicted molar refractivity (Wildman–Crippen MR) is 121 cm³/mol. The molecule has 4 rings (SSSR count). The Morgan fingerprint density at radius 3 is 2.52 bits per heavy atom. The van der Waals surface area contributed by atoms with Crippen LogP contribution in [0, 0.1) is 15.9 Å². The molecule has 0 bridgehead atoms. The summed E-state index contributed by atoms with van der Waals surface area (Å²) >= 11 is 0. The summed E-state index contributed by atoms with van der Waals surface area (Å²) in [6.45, 7) is -0.224. The van der Waals surface area contributed by atoms with Gasteiger partial charge >= 0.3 is 0 Å². The molecule has 0 aliphatic carbocycles. The van der Waals surface area contributed by atoms with E-state index in [1.165, 1.54) is 53.2 Å². The molecule has 0 unspecified atom stereocenters. The smallest absolute Gasteiger partial charge is 0.271 e. The van der Waals surface area contributed by atoms with Gasteiger partial charge in [0, 0.05) is 40.5 Å². The zero-order valence-corrected chi connectivity index (χ0v) is 18.0. The van der Waals surface area contributed by atoms with Crippen molar-refractivity contribution in [3.63, 3.8) is 0 Å². The molecule has 1 amide bonds. The molecule has 10 heteroatoms. The van der Waals surface area contributed by atoms with Gasteiger partial charge in [-0.3, -0.25) is 14.9 Å². The monoisotopic (exact) mass is 467 g/mol. The van der Waals surface area contributed by atoms with Gasteiger partial charge in [0.15, 0.2) is 9.84 Å². The van der Waals surface area contributed by atoms with Gasteiger partial charge in [-0.25, -0.2) is 12.8 Å². The fourth-order valence-corrected chi connectivity index (χ4v) is 5.14. The van der Waals surface area contributed by atoms with E-state index in [1.807, 2.05) is 0 Å². The van der Waals surface area contributed by atoms with Crippen molar-refractivity contribution in [2.45, 2.75) is 17.2 Å². The molecule has 0 fully saturated rings. The third kappa shape index (κ3) is 4.75. The Bertz CT molecular complexity index is 1480. The van der Waals surface area contributed by atoms with Crippen molar-refractivity contribution in [2.24, 2.45) is 0 Å². The molecule has 33 heavy (non-hydrogen) atoms. The first-order valence-corrected chi connectivity index (χ1v) is 11.5. The Morgan fingerprint density at radius 2 is 1.76 bits per heavy atom. The first-order chi connectivity index (χ1) is 15.7. The molecule has 4 aromatic rings. The number of hydrogen-bond donors (Lipinski definition) is 1. The van der Waals surface area contributed by atoms with Crippen LogP contribution in [0.15, 0.2) is 83.9 Å². The minimum absolute atomic E-state index is 0.00972. The molecule has 0 saturated carbocycles. The Kier molecular flexibility index (Phi) is 5.93. The number of benzene rings is 3. The number of nitro benzene ring substituents is 1. The number of carbonyl (C=O) groups excluding carboxylic acids is 1. The number of anilines is 1. The van der Waals surface area contributed by atoms with Gasteiger partial charge in [-0.15, -0.1) is 0 Å². The van der Waals surface area contributed by atoms with E-state index in [0.29, 0.717) is 10.9 Å². The number of halogens is 1. The normalized spacial score (nSPS) is 11.4. The van der Waals surface area contributed by atoms with Crippen LogP contribution in [-0.2, 0) is 26.9 Å². The molecule has 8 nitrogen and oxygen atoms in total. The highest BCUT2D eigenvalue weighted by molar-refractivity contribution is 7.90. The molecular weight excluding hydrogens is 449 g/mol. The predicted octanol–water partition coefficient (Wildman–Crippen LogP) is 4.30. The van der Waals surface area contributed by atoms with Crippen molar-refractivity contribution in [2.75, 3.05) is 5.32 Å². The number of aromatic nitrogens is 1. The van der Waals surface area contributed by atoms with E-state index in [-0.39, 0.29) is 28.4 Å². The Labute approximate surface area is 188 Å². The number of fused-ring (bicyclic) bond motifs is 1. The van der Waals surface area contributed by atoms with Gasteiger partial charge < -0.3 is 9.88 Å². The lowest BCUT2D eigenvalue weighted by atomic mass is 10.2. The SMILES string of the molecule is O=C(Cn1cc(S(=O)(=O)Cc2ccccc2F)c2ccccc21)Nc1cccc([N+](=O)[O-])c1. The molecule has 0 saturated heterocycles. The third-order valence-electron chi connectivity index (χ3n) is 5.05. The summed E-state index contributed by atoms with van der Waals surface area (Å²) in [4.78, 5) is 23.0. The van der Waals surface area contributed by atoms with Crippen LogP contribution in [-0.4, -0.2) is 23.8 Å². The van der Waals surface area contributed by atoms with Crippen LogP contribution in [0.4, 0.5) is 15.8 Å². The van der Waals surface area contributed by atoms with Crippen molar-refractivity contribution in [3.8, 4) is 0 Å². The standard InChI is InChI=1S/C23H18FN3O5S/c24-20-10-3-1-6-16(20)15-33(31,32)22-13-26(21-11-4-2-9-19(21)22)14-23(28)25-17-7-5-8-18(12-17)27(29)30/h1-13H,14-15H2,(H,25,28). The Balaban J connectivity index is 1.63. The van der Waals surface area contributed by atoms with E-state index in [1.54, 1.807) is 30.3 Å². The quantitative estimate of drug-likeness (QED) is 0.322. The van der Waals surface area contributed by atoms with Crippen molar-refractivity contribution in [1.82, 2.24) is 4.57 Å². The molecule has 0 spiro atoms. The average molecular weight is 467 g/mol. The van der Waals surface area contributed by atoms with Gasteiger partial charge in [-0.2, -0.15) is 0 Å². The van der Waals surface area contributed by atoms with Crippen LogP contribution in [0.1, 0.15) is 5.56 Å². The summed E-state index contributed by atoms with van der Waals surface area (Å²) in [5.41, 5.74) is 0.648. The summed E-state index contributed by atoms with van der Waals surface area (Å²) in [6, 6.07) is 17.9. The van der Waals surface area contributed by atoms with Crippen LogP contribution in [0.2, 0.25) is 0 Å². The van der Waals surface area contributed by atoms with Crippen LogP contribution >= 0.6 is 0 Å². The number of carbonyl (C=O) groups is 1. The second-order valence-electron chi connectivity index (χ2n) is 7.34. The first kappa shape index (κ1) is 22.2. The second kappa shape index (κ2) is 8.83. The summed E-state index contributed by atoms with van der Waals surface area (Å²) in [7, 11) is -3.92. The molecule has 0 aliphatic rings. The number of nitro groups is 1. The van der Waals surface area contributed by atoms with E-state index in [4.69, 9.17) is 0 Å². The zero-order valence-electron chi connectivity index (χ0n) is 17.1. The summed E-state index contributed by atoms with van der Waals surface area (Å²) in [5.74, 6) is -1.62. The lowest BCUT2D eigenvalue weighted by Crippen LogP contribution is -2.18. The van der Waals surface area contributed by atoms with Crippen LogP contribution in [0.3, 0.4) is 0 Å². The lowest BCUT2D eigenvalue weighted by Gasteiger charge is -2.07. The van der Waals surface area contributed by atoms with E-state index >= 15 is 0 Å². The number of nitrogens with zero attached hydrogens (tertiary/aromatic N) is 2. The molecule has 1 aromatic heterocycles. The zero-order chi connectivity index (χ0) is 23.6. The fraction of sp³-hybridized carbons (Fsp3) is 0.0870. The average Bonchev–Trinajstić information content (AvgIpc) is 3.15. The van der Waals surface area contributed by atoms with Gasteiger partial charge in [-0.1, -0.05) is 42.5 Å². The Hall–Kier alpha value is -4.05. The number of para-hydroxylation sites is 1.